The number of ether oxygens (including phenoxy) is 4. The molecule has 0 N–H and O–H groups in total. The van der Waals surface area contributed by atoms with E-state index in [1.54, 1.807) is 47.6 Å². The van der Waals surface area contributed by atoms with Crippen LogP contribution in [0.5, 0.6) is 0 Å². The van der Waals surface area contributed by atoms with Crippen LogP contribution in [0.4, 0.5) is 4.79 Å². The van der Waals surface area contributed by atoms with E-state index in [0.29, 0.717) is 18.6 Å². The lowest BCUT2D eigenvalue weighted by Gasteiger charge is -2.40. The maximum absolute atomic E-state index is 13.3. The largest absolute Gasteiger partial charge is 0.509 e. The van der Waals surface area contributed by atoms with Gasteiger partial charge >= 0.3 is 18.1 Å². The Kier molecular flexibility index (Phi) is 14.8. The Morgan fingerprint density at radius 2 is 1.44 bits per heavy atom. The van der Waals surface area contributed by atoms with Crippen LogP contribution in [0.15, 0.2) is 12.2 Å². The van der Waals surface area contributed by atoms with Gasteiger partial charge in [-0.1, -0.05) is 57.6 Å². The van der Waals surface area contributed by atoms with Crippen molar-refractivity contribution in [1.29, 1.82) is 0 Å². The van der Waals surface area contributed by atoms with Crippen molar-refractivity contribution < 1.29 is 38.1 Å². The van der Waals surface area contributed by atoms with Crippen molar-refractivity contribution in [3.05, 3.63) is 12.2 Å². The number of rotatable bonds is 17. The van der Waals surface area contributed by atoms with Gasteiger partial charge in [0.15, 0.2) is 0 Å². The second-order valence-corrected chi connectivity index (χ2v) is 12.5. The van der Waals surface area contributed by atoms with E-state index in [1.807, 2.05) is 6.08 Å². The molecule has 1 saturated heterocycles. The topological polar surface area (TPSA) is 105 Å². The van der Waals surface area contributed by atoms with Crippen LogP contribution in [0.2, 0.25) is 0 Å². The third-order valence-electron chi connectivity index (χ3n) is 6.32. The zero-order chi connectivity index (χ0) is 29.5. The lowest BCUT2D eigenvalue weighted by atomic mass is 9.83. The van der Waals surface area contributed by atoms with Gasteiger partial charge in [-0.25, -0.2) is 9.59 Å². The van der Waals surface area contributed by atoms with Crippen molar-refractivity contribution in [1.82, 2.24) is 0 Å². The zero-order valence-corrected chi connectivity index (χ0v) is 25.4. The van der Waals surface area contributed by atoms with Crippen LogP contribution in [-0.4, -0.2) is 47.3 Å². The summed E-state index contributed by atoms with van der Waals surface area (Å²) in [6.07, 6.45) is 13.9. The molecular formula is C31H52O8. The highest BCUT2D eigenvalue weighted by Crippen LogP contribution is 2.36. The fourth-order valence-electron chi connectivity index (χ4n) is 4.40. The predicted octanol–water partition coefficient (Wildman–Crippen LogP) is 7.41. The Hall–Kier alpha value is -2.38. The molecular weight excluding hydrogens is 500 g/mol. The van der Waals surface area contributed by atoms with Gasteiger partial charge in [0, 0.05) is 12.8 Å². The van der Waals surface area contributed by atoms with Gasteiger partial charge in [0.05, 0.1) is 12.3 Å². The van der Waals surface area contributed by atoms with Gasteiger partial charge in [-0.2, -0.15) is 0 Å². The van der Waals surface area contributed by atoms with Crippen molar-refractivity contribution in [2.75, 3.05) is 6.61 Å². The lowest BCUT2D eigenvalue weighted by molar-refractivity contribution is -0.200. The molecule has 0 aromatic carbocycles. The summed E-state index contributed by atoms with van der Waals surface area (Å²) in [4.78, 5) is 50.3. The molecule has 8 nitrogen and oxygen atoms in total. The molecule has 0 saturated carbocycles. The lowest BCUT2D eigenvalue weighted by Crippen LogP contribution is -2.57. The van der Waals surface area contributed by atoms with Crippen molar-refractivity contribution in [2.45, 2.75) is 149 Å². The van der Waals surface area contributed by atoms with Crippen LogP contribution in [-0.2, 0) is 33.3 Å². The summed E-state index contributed by atoms with van der Waals surface area (Å²) < 4.78 is 21.5. The molecule has 0 radical (unpaired) electrons. The number of Topliss-reactive ketones (excluding diaryl/α,β-unsaturated/α-hetero) is 1. The highest BCUT2D eigenvalue weighted by atomic mass is 16.8. The molecule has 224 valence electrons. The van der Waals surface area contributed by atoms with Gasteiger partial charge in [-0.15, -0.1) is 0 Å². The van der Waals surface area contributed by atoms with E-state index < -0.39 is 47.2 Å². The van der Waals surface area contributed by atoms with Crippen molar-refractivity contribution in [2.24, 2.45) is 5.92 Å². The Bertz CT molecular complexity index is 817. The van der Waals surface area contributed by atoms with Gasteiger partial charge in [-0.3, -0.25) is 9.59 Å². The van der Waals surface area contributed by atoms with E-state index in [9.17, 15) is 19.2 Å². The molecule has 0 bridgehead atoms. The third-order valence-corrected chi connectivity index (χ3v) is 6.32. The number of unbranched alkanes of at least 4 members (excludes halogenated alkanes) is 8. The minimum absolute atomic E-state index is 0.113. The second kappa shape index (κ2) is 16.7. The number of cyclic esters (lactones) is 2. The quantitative estimate of drug-likeness (QED) is 0.0795. The van der Waals surface area contributed by atoms with E-state index in [0.717, 1.165) is 44.9 Å². The number of ketones is 1. The molecule has 1 aliphatic rings. The van der Waals surface area contributed by atoms with E-state index in [4.69, 9.17) is 18.9 Å². The van der Waals surface area contributed by atoms with Crippen molar-refractivity contribution in [3.8, 4) is 0 Å². The minimum atomic E-state index is -1.88. The summed E-state index contributed by atoms with van der Waals surface area (Å²) in [7, 11) is 0. The van der Waals surface area contributed by atoms with Gasteiger partial charge in [0.1, 0.15) is 23.6 Å². The summed E-state index contributed by atoms with van der Waals surface area (Å²) in [5.41, 5.74) is -3.50. The number of hydrogen-bond acceptors (Lipinski definition) is 8. The van der Waals surface area contributed by atoms with Crippen molar-refractivity contribution >= 4 is 23.9 Å². The standard InChI is InChI=1S/C31H52O8/c1-8-9-10-13-17-20-25(32)21-18-15-12-11-14-16-19-24-23-36-28(35)39-31(24,27(34)38-30(5,6)7)22-26(33)37-29(2,3)4/h16,19,24H,8-15,17-18,20-23H2,1-7H3/b19-16+/t24-,31+/m1/s1. The number of carbonyl (C=O) groups is 4. The summed E-state index contributed by atoms with van der Waals surface area (Å²) in [6, 6.07) is 0. The van der Waals surface area contributed by atoms with Gasteiger partial charge in [0.2, 0.25) is 5.60 Å². The normalized spacial score (nSPS) is 19.9. The third kappa shape index (κ3) is 14.5. The first-order valence-corrected chi connectivity index (χ1v) is 14.7. The first-order valence-electron chi connectivity index (χ1n) is 14.7. The first kappa shape index (κ1) is 34.6. The zero-order valence-electron chi connectivity index (χ0n) is 25.4. The number of hydrogen-bond donors (Lipinski definition) is 0. The molecule has 1 fully saturated rings. The summed E-state index contributed by atoms with van der Waals surface area (Å²) in [5.74, 6) is -1.83. The van der Waals surface area contributed by atoms with Crippen LogP contribution < -0.4 is 0 Å². The van der Waals surface area contributed by atoms with Crippen LogP contribution in [0.1, 0.15) is 132 Å². The van der Waals surface area contributed by atoms with E-state index in [1.165, 1.54) is 19.3 Å². The second-order valence-electron chi connectivity index (χ2n) is 12.5. The van der Waals surface area contributed by atoms with Crippen LogP contribution in [0.25, 0.3) is 0 Å². The minimum Gasteiger partial charge on any atom is -0.460 e. The smallest absolute Gasteiger partial charge is 0.460 e. The number of carbonyl (C=O) groups excluding carboxylic acids is 4. The molecule has 0 amide bonds. The molecule has 8 heteroatoms. The number of esters is 2. The molecule has 39 heavy (non-hydrogen) atoms. The molecule has 1 heterocycles. The Balaban J connectivity index is 2.68. The average molecular weight is 553 g/mol. The molecule has 0 aliphatic carbocycles. The highest BCUT2D eigenvalue weighted by Gasteiger charge is 2.56. The Labute approximate surface area is 235 Å². The molecule has 0 unspecified atom stereocenters. The first-order chi connectivity index (χ1) is 18.2. The molecule has 1 rings (SSSR count). The molecule has 1 aliphatic heterocycles. The summed E-state index contributed by atoms with van der Waals surface area (Å²) in [5, 5.41) is 0. The molecule has 0 aromatic heterocycles. The monoisotopic (exact) mass is 552 g/mol. The van der Waals surface area contributed by atoms with Gasteiger partial charge in [-0.05, 0) is 67.2 Å². The fourth-order valence-corrected chi connectivity index (χ4v) is 4.40. The SMILES string of the molecule is CCCCCCCC(=O)CCCCCC/C=C/[C@@H]1COC(=O)O[C@]1(CC(=O)OC(C)(C)C)C(=O)OC(C)(C)C. The molecule has 0 spiro atoms. The van der Waals surface area contributed by atoms with E-state index in [2.05, 4.69) is 6.92 Å². The van der Waals surface area contributed by atoms with Crippen LogP contribution >= 0.6 is 0 Å². The molecule has 0 aromatic rings. The van der Waals surface area contributed by atoms with Crippen LogP contribution in [0.3, 0.4) is 0 Å². The maximum atomic E-state index is 13.3. The van der Waals surface area contributed by atoms with E-state index in [-0.39, 0.29) is 6.61 Å². The Morgan fingerprint density at radius 3 is 2.00 bits per heavy atom. The Morgan fingerprint density at radius 1 is 0.872 bits per heavy atom. The summed E-state index contributed by atoms with van der Waals surface area (Å²) in [6.45, 7) is 12.4. The number of allylic oxidation sites excluding steroid dienone is 1. The predicted molar refractivity (Wildman–Crippen MR) is 150 cm³/mol. The summed E-state index contributed by atoms with van der Waals surface area (Å²) >= 11 is 0. The highest BCUT2D eigenvalue weighted by molar-refractivity contribution is 5.89. The van der Waals surface area contributed by atoms with Gasteiger partial charge in [0.25, 0.3) is 0 Å². The van der Waals surface area contributed by atoms with E-state index >= 15 is 0 Å². The fraction of sp³-hybridized carbons (Fsp3) is 0.806. The van der Waals surface area contributed by atoms with Gasteiger partial charge < -0.3 is 18.9 Å². The average Bonchev–Trinajstić information content (AvgIpc) is 2.79. The molecule has 2 atom stereocenters. The van der Waals surface area contributed by atoms with Crippen LogP contribution in [0, 0.1) is 5.92 Å². The van der Waals surface area contributed by atoms with Crippen molar-refractivity contribution in [3.63, 3.8) is 0 Å². The maximum Gasteiger partial charge on any atom is 0.509 e.